The zero-order chi connectivity index (χ0) is 14.8. The van der Waals surface area contributed by atoms with Crippen LogP contribution in [-0.4, -0.2) is 20.7 Å². The number of pyridine rings is 1. The Balaban J connectivity index is 1.95. The van der Waals surface area contributed by atoms with E-state index in [0.29, 0.717) is 11.3 Å². The van der Waals surface area contributed by atoms with Crippen molar-refractivity contribution in [1.82, 2.24) is 14.8 Å². The number of carbonyl (C=O) groups excluding carboxylic acids is 1. The molecule has 6 heteroatoms. The third kappa shape index (κ3) is 2.67. The highest BCUT2D eigenvalue weighted by Crippen LogP contribution is 2.28. The molecule has 0 radical (unpaired) electrons. The van der Waals surface area contributed by atoms with E-state index in [2.05, 4.69) is 31.3 Å². The molecule has 2 aromatic heterocycles. The van der Waals surface area contributed by atoms with Crippen molar-refractivity contribution in [3.8, 4) is 0 Å². The molecule has 0 aliphatic rings. The minimum absolute atomic E-state index is 0.191. The molecule has 0 atom stereocenters. The van der Waals surface area contributed by atoms with Gasteiger partial charge in [-0.25, -0.2) is 0 Å². The number of aromatic nitrogens is 3. The standard InChI is InChI=1S/C15H13BrN4O/c1-2-20-9-10(8-18-20)15(21)19-13-6-5-12(16)11-4-3-7-17-14(11)13/h3-9H,2H2,1H3,(H,19,21). The van der Waals surface area contributed by atoms with E-state index < -0.39 is 0 Å². The van der Waals surface area contributed by atoms with E-state index in [1.165, 1.54) is 0 Å². The number of fused-ring (bicyclic) bond motifs is 1. The van der Waals surface area contributed by atoms with Gasteiger partial charge in [-0.05, 0) is 25.1 Å². The molecule has 0 bridgehead atoms. The Kier molecular flexibility index (Phi) is 3.70. The number of hydrogen-bond acceptors (Lipinski definition) is 3. The third-order valence-corrected chi connectivity index (χ3v) is 3.88. The molecule has 0 spiro atoms. The van der Waals surface area contributed by atoms with Gasteiger partial charge < -0.3 is 5.32 Å². The lowest BCUT2D eigenvalue weighted by molar-refractivity contribution is 0.102. The first-order chi connectivity index (χ1) is 10.2. The normalized spacial score (nSPS) is 10.8. The molecule has 0 aliphatic heterocycles. The molecule has 1 amide bonds. The minimum atomic E-state index is -0.191. The second kappa shape index (κ2) is 5.65. The number of nitrogens with one attached hydrogen (secondary N) is 1. The lowest BCUT2D eigenvalue weighted by Crippen LogP contribution is -2.11. The van der Waals surface area contributed by atoms with Crippen molar-refractivity contribution < 1.29 is 4.79 Å². The van der Waals surface area contributed by atoms with Gasteiger partial charge in [-0.3, -0.25) is 14.5 Å². The number of halogens is 1. The molecule has 0 saturated heterocycles. The fraction of sp³-hybridized carbons (Fsp3) is 0.133. The fourth-order valence-electron chi connectivity index (χ4n) is 2.09. The fourth-order valence-corrected chi connectivity index (χ4v) is 2.54. The highest BCUT2D eigenvalue weighted by molar-refractivity contribution is 9.10. The Morgan fingerprint density at radius 2 is 2.24 bits per heavy atom. The van der Waals surface area contributed by atoms with E-state index in [-0.39, 0.29) is 5.91 Å². The number of carbonyl (C=O) groups is 1. The number of amides is 1. The molecule has 106 valence electrons. The van der Waals surface area contributed by atoms with Gasteiger partial charge in [0.15, 0.2) is 0 Å². The van der Waals surface area contributed by atoms with Crippen LogP contribution < -0.4 is 5.32 Å². The van der Waals surface area contributed by atoms with Gasteiger partial charge in [0.2, 0.25) is 0 Å². The number of rotatable bonds is 3. The van der Waals surface area contributed by atoms with Gasteiger partial charge in [-0.2, -0.15) is 5.10 Å². The smallest absolute Gasteiger partial charge is 0.258 e. The molecule has 0 saturated carbocycles. The Labute approximate surface area is 130 Å². The maximum Gasteiger partial charge on any atom is 0.258 e. The monoisotopic (exact) mass is 344 g/mol. The second-order valence-corrected chi connectivity index (χ2v) is 5.39. The van der Waals surface area contributed by atoms with Crippen LogP contribution in [0.25, 0.3) is 10.9 Å². The van der Waals surface area contributed by atoms with Crippen molar-refractivity contribution in [2.75, 3.05) is 5.32 Å². The maximum absolute atomic E-state index is 12.3. The Hall–Kier alpha value is -2.21. The average molecular weight is 345 g/mol. The molecular formula is C15H13BrN4O. The molecule has 3 aromatic rings. The Morgan fingerprint density at radius 3 is 3.00 bits per heavy atom. The first-order valence-electron chi connectivity index (χ1n) is 6.56. The Morgan fingerprint density at radius 1 is 1.38 bits per heavy atom. The number of anilines is 1. The van der Waals surface area contributed by atoms with E-state index in [1.807, 2.05) is 31.2 Å². The molecule has 3 rings (SSSR count). The summed E-state index contributed by atoms with van der Waals surface area (Å²) in [5, 5.41) is 7.95. The van der Waals surface area contributed by atoms with Crippen LogP contribution in [0.2, 0.25) is 0 Å². The van der Waals surface area contributed by atoms with Crippen LogP contribution in [0.3, 0.4) is 0 Å². The second-order valence-electron chi connectivity index (χ2n) is 4.53. The summed E-state index contributed by atoms with van der Waals surface area (Å²) < 4.78 is 2.66. The van der Waals surface area contributed by atoms with Gasteiger partial charge in [-0.1, -0.05) is 22.0 Å². The van der Waals surface area contributed by atoms with Gasteiger partial charge in [-0.15, -0.1) is 0 Å². The molecule has 0 fully saturated rings. The summed E-state index contributed by atoms with van der Waals surface area (Å²) in [6.45, 7) is 2.71. The van der Waals surface area contributed by atoms with Crippen LogP contribution >= 0.6 is 15.9 Å². The quantitative estimate of drug-likeness (QED) is 0.791. The highest BCUT2D eigenvalue weighted by Gasteiger charge is 2.12. The summed E-state index contributed by atoms with van der Waals surface area (Å²) >= 11 is 3.49. The number of hydrogen-bond donors (Lipinski definition) is 1. The van der Waals surface area contributed by atoms with E-state index in [9.17, 15) is 4.79 Å². The molecule has 1 N–H and O–H groups in total. The summed E-state index contributed by atoms with van der Waals surface area (Å²) in [5.41, 5.74) is 1.97. The van der Waals surface area contributed by atoms with E-state index in [0.717, 1.165) is 21.9 Å². The topological polar surface area (TPSA) is 59.8 Å². The summed E-state index contributed by atoms with van der Waals surface area (Å²) in [6.07, 6.45) is 5.00. The van der Waals surface area contributed by atoms with Crippen molar-refractivity contribution in [3.63, 3.8) is 0 Å². The van der Waals surface area contributed by atoms with Gasteiger partial charge in [0.1, 0.15) is 0 Å². The van der Waals surface area contributed by atoms with E-state index >= 15 is 0 Å². The largest absolute Gasteiger partial charge is 0.320 e. The van der Waals surface area contributed by atoms with Crippen LogP contribution in [-0.2, 0) is 6.54 Å². The average Bonchev–Trinajstić information content (AvgIpc) is 2.99. The van der Waals surface area contributed by atoms with Crippen LogP contribution in [0.1, 0.15) is 17.3 Å². The highest BCUT2D eigenvalue weighted by atomic mass is 79.9. The van der Waals surface area contributed by atoms with Crippen LogP contribution in [0, 0.1) is 0 Å². The van der Waals surface area contributed by atoms with E-state index in [4.69, 9.17) is 0 Å². The summed E-state index contributed by atoms with van der Waals surface area (Å²) in [4.78, 5) is 16.6. The number of aryl methyl sites for hydroxylation is 1. The van der Waals surface area contributed by atoms with Crippen LogP contribution in [0.4, 0.5) is 5.69 Å². The van der Waals surface area contributed by atoms with Crippen molar-refractivity contribution in [2.45, 2.75) is 13.5 Å². The van der Waals surface area contributed by atoms with Gasteiger partial charge >= 0.3 is 0 Å². The lowest BCUT2D eigenvalue weighted by Gasteiger charge is -2.08. The third-order valence-electron chi connectivity index (χ3n) is 3.18. The maximum atomic E-state index is 12.3. The first-order valence-corrected chi connectivity index (χ1v) is 7.35. The van der Waals surface area contributed by atoms with Crippen molar-refractivity contribution in [1.29, 1.82) is 0 Å². The van der Waals surface area contributed by atoms with E-state index in [1.54, 1.807) is 23.3 Å². The summed E-state index contributed by atoms with van der Waals surface area (Å²) in [5.74, 6) is -0.191. The molecule has 21 heavy (non-hydrogen) atoms. The minimum Gasteiger partial charge on any atom is -0.320 e. The molecular weight excluding hydrogens is 332 g/mol. The predicted molar refractivity (Wildman–Crippen MR) is 85.3 cm³/mol. The number of nitrogens with zero attached hydrogens (tertiary/aromatic N) is 3. The van der Waals surface area contributed by atoms with Crippen LogP contribution in [0.15, 0.2) is 47.3 Å². The summed E-state index contributed by atoms with van der Waals surface area (Å²) in [6, 6.07) is 7.55. The number of benzene rings is 1. The molecule has 2 heterocycles. The van der Waals surface area contributed by atoms with Crippen molar-refractivity contribution >= 4 is 38.4 Å². The SMILES string of the molecule is CCn1cc(C(=O)Nc2ccc(Br)c3cccnc23)cn1. The molecule has 5 nitrogen and oxygen atoms in total. The van der Waals surface area contributed by atoms with Crippen molar-refractivity contribution in [2.24, 2.45) is 0 Å². The zero-order valence-corrected chi connectivity index (χ0v) is 13.0. The Bertz CT molecular complexity index is 812. The predicted octanol–water partition coefficient (Wildman–Crippen LogP) is 3.47. The van der Waals surface area contributed by atoms with Crippen LogP contribution in [0.5, 0.6) is 0 Å². The van der Waals surface area contributed by atoms with Gasteiger partial charge in [0, 0.05) is 28.8 Å². The van der Waals surface area contributed by atoms with Crippen molar-refractivity contribution in [3.05, 3.63) is 52.9 Å². The molecule has 0 aliphatic carbocycles. The zero-order valence-electron chi connectivity index (χ0n) is 11.4. The van der Waals surface area contributed by atoms with Gasteiger partial charge in [0.05, 0.1) is 23.0 Å². The molecule has 0 unspecified atom stereocenters. The first kappa shape index (κ1) is 13.8. The lowest BCUT2D eigenvalue weighted by atomic mass is 10.2. The molecule has 1 aromatic carbocycles. The van der Waals surface area contributed by atoms with Gasteiger partial charge in [0.25, 0.3) is 5.91 Å². The summed E-state index contributed by atoms with van der Waals surface area (Å²) in [7, 11) is 0.